The highest BCUT2D eigenvalue weighted by molar-refractivity contribution is 6.34. The minimum absolute atomic E-state index is 0.0245. The lowest BCUT2D eigenvalue weighted by Gasteiger charge is -2.25. The second-order valence-electron chi connectivity index (χ2n) is 4.94. The zero-order valence-corrected chi connectivity index (χ0v) is 13.0. The highest BCUT2D eigenvalue weighted by Gasteiger charge is 2.37. The molecule has 0 radical (unpaired) electrons. The van der Waals surface area contributed by atoms with Crippen molar-refractivity contribution in [3.63, 3.8) is 0 Å². The first-order chi connectivity index (χ1) is 10.3. The molecule has 0 aliphatic heterocycles. The standard InChI is InChI=1S/C14H17ClN2O5/c1-3-14(4-2,13(19)20)8-12(18)16-11-6-5-9(17(21)22)7-10(11)15/h5-7H,3-4,8H2,1-2H3,(H,16,18)(H,19,20). The number of hydrogen-bond acceptors (Lipinski definition) is 4. The van der Waals surface area contributed by atoms with Crippen LogP contribution in [0, 0.1) is 15.5 Å². The number of nitrogens with zero attached hydrogens (tertiary/aromatic N) is 1. The summed E-state index contributed by atoms with van der Waals surface area (Å²) in [5.41, 5.74) is -1.11. The Morgan fingerprint density at radius 1 is 1.36 bits per heavy atom. The fraction of sp³-hybridized carbons (Fsp3) is 0.429. The monoisotopic (exact) mass is 328 g/mol. The van der Waals surface area contributed by atoms with Crippen LogP contribution in [0.25, 0.3) is 0 Å². The van der Waals surface area contributed by atoms with Crippen LogP contribution in [0.1, 0.15) is 33.1 Å². The van der Waals surface area contributed by atoms with Crippen molar-refractivity contribution in [2.24, 2.45) is 5.41 Å². The lowest BCUT2D eigenvalue weighted by molar-refractivity contribution is -0.384. The van der Waals surface area contributed by atoms with Gasteiger partial charge >= 0.3 is 5.97 Å². The van der Waals surface area contributed by atoms with Gasteiger partial charge in [-0.25, -0.2) is 0 Å². The van der Waals surface area contributed by atoms with Crippen LogP contribution in [-0.2, 0) is 9.59 Å². The lowest BCUT2D eigenvalue weighted by Crippen LogP contribution is -2.34. The molecule has 1 rings (SSSR count). The van der Waals surface area contributed by atoms with Gasteiger partial charge in [-0.15, -0.1) is 0 Å². The fourth-order valence-electron chi connectivity index (χ4n) is 2.10. The van der Waals surface area contributed by atoms with E-state index in [2.05, 4.69) is 5.32 Å². The zero-order valence-electron chi connectivity index (χ0n) is 12.3. The maximum Gasteiger partial charge on any atom is 0.310 e. The Kier molecular flexibility index (Phi) is 5.87. The molecule has 0 aromatic heterocycles. The minimum atomic E-state index is -1.13. The topological polar surface area (TPSA) is 110 Å². The number of anilines is 1. The smallest absolute Gasteiger partial charge is 0.310 e. The Hall–Kier alpha value is -2.15. The molecular formula is C14H17ClN2O5. The summed E-state index contributed by atoms with van der Waals surface area (Å²) < 4.78 is 0. The van der Waals surface area contributed by atoms with Crippen molar-refractivity contribution in [1.82, 2.24) is 0 Å². The van der Waals surface area contributed by atoms with Crippen LogP contribution < -0.4 is 5.32 Å². The summed E-state index contributed by atoms with van der Waals surface area (Å²) >= 11 is 5.88. The number of benzene rings is 1. The van der Waals surface area contributed by atoms with Crippen LogP contribution in [0.3, 0.4) is 0 Å². The third-order valence-electron chi connectivity index (χ3n) is 3.74. The number of carbonyl (C=O) groups excluding carboxylic acids is 1. The second-order valence-corrected chi connectivity index (χ2v) is 5.35. The highest BCUT2D eigenvalue weighted by atomic mass is 35.5. The quantitative estimate of drug-likeness (QED) is 0.588. The van der Waals surface area contributed by atoms with E-state index in [1.54, 1.807) is 13.8 Å². The Balaban J connectivity index is 2.89. The lowest BCUT2D eigenvalue weighted by atomic mass is 9.79. The number of non-ortho nitro benzene ring substituents is 1. The molecule has 0 saturated carbocycles. The number of halogens is 1. The highest BCUT2D eigenvalue weighted by Crippen LogP contribution is 2.32. The number of nitrogens with one attached hydrogen (secondary N) is 1. The first-order valence-electron chi connectivity index (χ1n) is 6.73. The summed E-state index contributed by atoms with van der Waals surface area (Å²) in [4.78, 5) is 33.5. The molecule has 0 saturated heterocycles. The summed E-state index contributed by atoms with van der Waals surface area (Å²) in [7, 11) is 0. The number of amides is 1. The van der Waals surface area contributed by atoms with Gasteiger partial charge in [0.2, 0.25) is 5.91 Å². The van der Waals surface area contributed by atoms with Gasteiger partial charge in [0.15, 0.2) is 0 Å². The third-order valence-corrected chi connectivity index (χ3v) is 4.06. The van der Waals surface area contributed by atoms with Crippen molar-refractivity contribution >= 4 is 34.9 Å². The van der Waals surface area contributed by atoms with Gasteiger partial charge in [-0.1, -0.05) is 25.4 Å². The number of nitro benzene ring substituents is 1. The van der Waals surface area contributed by atoms with Crippen molar-refractivity contribution < 1.29 is 19.6 Å². The van der Waals surface area contributed by atoms with Crippen LogP contribution in [-0.4, -0.2) is 21.9 Å². The predicted octanol–water partition coefficient (Wildman–Crippen LogP) is 3.47. The van der Waals surface area contributed by atoms with Crippen molar-refractivity contribution in [3.8, 4) is 0 Å². The van der Waals surface area contributed by atoms with E-state index < -0.39 is 22.2 Å². The first kappa shape index (κ1) is 17.9. The average molecular weight is 329 g/mol. The Bertz CT molecular complexity index is 599. The van der Waals surface area contributed by atoms with Gasteiger partial charge in [0.05, 0.1) is 21.0 Å². The second kappa shape index (κ2) is 7.22. The van der Waals surface area contributed by atoms with E-state index >= 15 is 0 Å². The molecule has 0 spiro atoms. The van der Waals surface area contributed by atoms with E-state index in [4.69, 9.17) is 11.6 Å². The minimum Gasteiger partial charge on any atom is -0.481 e. The van der Waals surface area contributed by atoms with Crippen LogP contribution in [0.15, 0.2) is 18.2 Å². The summed E-state index contributed by atoms with van der Waals surface area (Å²) in [6.45, 7) is 3.42. The van der Waals surface area contributed by atoms with Crippen LogP contribution in [0.2, 0.25) is 5.02 Å². The number of nitro groups is 1. The van der Waals surface area contributed by atoms with E-state index in [1.165, 1.54) is 12.1 Å². The molecule has 0 unspecified atom stereocenters. The van der Waals surface area contributed by atoms with Gasteiger partial charge in [0, 0.05) is 18.6 Å². The zero-order chi connectivity index (χ0) is 16.9. The SMILES string of the molecule is CCC(CC)(CC(=O)Nc1ccc([N+](=O)[O-])cc1Cl)C(=O)O. The van der Waals surface area contributed by atoms with Crippen molar-refractivity contribution in [1.29, 1.82) is 0 Å². The molecule has 0 bridgehead atoms. The number of hydrogen-bond donors (Lipinski definition) is 2. The molecule has 0 aliphatic carbocycles. The maximum atomic E-state index is 12.1. The Labute approximate surface area is 132 Å². The van der Waals surface area contributed by atoms with Gasteiger partial charge in [0.1, 0.15) is 0 Å². The molecule has 0 aliphatic rings. The molecule has 120 valence electrons. The van der Waals surface area contributed by atoms with Crippen LogP contribution in [0.5, 0.6) is 0 Å². The fourth-order valence-corrected chi connectivity index (χ4v) is 2.32. The Morgan fingerprint density at radius 2 is 1.95 bits per heavy atom. The molecule has 1 aromatic carbocycles. The first-order valence-corrected chi connectivity index (χ1v) is 7.10. The van der Waals surface area contributed by atoms with Gasteiger partial charge in [0.25, 0.3) is 5.69 Å². The number of rotatable bonds is 7. The van der Waals surface area contributed by atoms with Gasteiger partial charge in [-0.05, 0) is 18.9 Å². The van der Waals surface area contributed by atoms with Crippen molar-refractivity contribution in [3.05, 3.63) is 33.3 Å². The molecule has 0 fully saturated rings. The predicted molar refractivity (Wildman–Crippen MR) is 82.0 cm³/mol. The van der Waals surface area contributed by atoms with E-state index in [1.807, 2.05) is 0 Å². The number of carbonyl (C=O) groups is 2. The third kappa shape index (κ3) is 3.94. The van der Waals surface area contributed by atoms with Crippen LogP contribution >= 0.6 is 11.6 Å². The van der Waals surface area contributed by atoms with Gasteiger partial charge in [-0.3, -0.25) is 19.7 Å². The number of aliphatic carboxylic acids is 1. The van der Waals surface area contributed by atoms with E-state index in [9.17, 15) is 24.8 Å². The molecule has 1 aromatic rings. The van der Waals surface area contributed by atoms with Gasteiger partial charge in [-0.2, -0.15) is 0 Å². The molecule has 22 heavy (non-hydrogen) atoms. The summed E-state index contributed by atoms with van der Waals surface area (Å²) in [5.74, 6) is -1.52. The van der Waals surface area contributed by atoms with E-state index in [-0.39, 0.29) is 22.8 Å². The largest absolute Gasteiger partial charge is 0.481 e. The molecule has 0 heterocycles. The molecule has 0 atom stereocenters. The normalized spacial score (nSPS) is 11.0. The molecular weight excluding hydrogens is 312 g/mol. The Morgan fingerprint density at radius 3 is 2.36 bits per heavy atom. The maximum absolute atomic E-state index is 12.1. The number of carboxylic acid groups (broad SMARTS) is 1. The van der Waals surface area contributed by atoms with E-state index in [0.29, 0.717) is 12.8 Å². The molecule has 2 N–H and O–H groups in total. The number of carboxylic acids is 1. The van der Waals surface area contributed by atoms with Crippen molar-refractivity contribution in [2.75, 3.05) is 5.32 Å². The molecule has 1 amide bonds. The summed E-state index contributed by atoms with van der Waals surface area (Å²) in [6.07, 6.45) is 0.448. The van der Waals surface area contributed by atoms with Crippen molar-refractivity contribution in [2.45, 2.75) is 33.1 Å². The van der Waals surface area contributed by atoms with Crippen LogP contribution in [0.4, 0.5) is 11.4 Å². The molecule has 8 heteroatoms. The average Bonchev–Trinajstić information content (AvgIpc) is 2.46. The molecule has 7 nitrogen and oxygen atoms in total. The van der Waals surface area contributed by atoms with E-state index in [0.717, 1.165) is 6.07 Å². The van der Waals surface area contributed by atoms with Gasteiger partial charge < -0.3 is 10.4 Å². The summed E-state index contributed by atoms with van der Waals surface area (Å²) in [5, 5.41) is 22.5. The summed E-state index contributed by atoms with van der Waals surface area (Å²) in [6, 6.07) is 3.66.